The average molecular weight is 413 g/mol. The van der Waals surface area contributed by atoms with Crippen molar-refractivity contribution < 1.29 is 23.5 Å². The van der Waals surface area contributed by atoms with E-state index in [-0.39, 0.29) is 23.6 Å². The van der Waals surface area contributed by atoms with Crippen LogP contribution < -0.4 is 10.6 Å². The maximum absolute atomic E-state index is 12.7. The zero-order chi connectivity index (χ0) is 20.8. The van der Waals surface area contributed by atoms with E-state index in [1.807, 2.05) is 0 Å². The number of furan rings is 1. The molecule has 0 fully saturated rings. The van der Waals surface area contributed by atoms with Crippen LogP contribution >= 0.6 is 11.6 Å². The van der Waals surface area contributed by atoms with Crippen LogP contribution in [-0.4, -0.2) is 24.4 Å². The lowest BCUT2D eigenvalue weighted by molar-refractivity contribution is 0.0526. The Morgan fingerprint density at radius 2 is 1.76 bits per heavy atom. The number of carbonyl (C=O) groups is 3. The second kappa shape index (κ2) is 9.07. The van der Waals surface area contributed by atoms with E-state index >= 15 is 0 Å². The number of hydrogen-bond acceptors (Lipinski definition) is 5. The number of esters is 1. The molecule has 0 aliphatic heterocycles. The van der Waals surface area contributed by atoms with Crippen LogP contribution in [0.25, 0.3) is 0 Å². The topological polar surface area (TPSA) is 97.6 Å². The first-order valence-corrected chi connectivity index (χ1v) is 9.08. The van der Waals surface area contributed by atoms with Crippen molar-refractivity contribution in [1.82, 2.24) is 0 Å². The number of halogens is 1. The fraction of sp³-hybridized carbons (Fsp3) is 0.0952. The van der Waals surface area contributed by atoms with Gasteiger partial charge in [0.1, 0.15) is 0 Å². The zero-order valence-electron chi connectivity index (χ0n) is 15.4. The predicted molar refractivity (Wildman–Crippen MR) is 108 cm³/mol. The molecule has 148 valence electrons. The van der Waals surface area contributed by atoms with Gasteiger partial charge in [-0.3, -0.25) is 9.59 Å². The molecule has 0 aliphatic carbocycles. The van der Waals surface area contributed by atoms with Crippen LogP contribution in [0.2, 0.25) is 5.02 Å². The van der Waals surface area contributed by atoms with Gasteiger partial charge in [0.05, 0.1) is 29.7 Å². The van der Waals surface area contributed by atoms with Crippen molar-refractivity contribution >= 4 is 40.8 Å². The summed E-state index contributed by atoms with van der Waals surface area (Å²) < 4.78 is 9.98. The first kappa shape index (κ1) is 20.2. The molecule has 29 heavy (non-hydrogen) atoms. The van der Waals surface area contributed by atoms with Gasteiger partial charge in [0.25, 0.3) is 11.8 Å². The highest BCUT2D eigenvalue weighted by atomic mass is 35.5. The van der Waals surface area contributed by atoms with Gasteiger partial charge in [0.2, 0.25) is 0 Å². The number of hydrogen-bond donors (Lipinski definition) is 2. The molecule has 7 nitrogen and oxygen atoms in total. The molecule has 0 unspecified atom stereocenters. The van der Waals surface area contributed by atoms with Gasteiger partial charge in [-0.25, -0.2) is 4.79 Å². The summed E-state index contributed by atoms with van der Waals surface area (Å²) in [7, 11) is 0. The summed E-state index contributed by atoms with van der Waals surface area (Å²) in [6, 6.07) is 13.9. The Kier molecular flexibility index (Phi) is 6.31. The van der Waals surface area contributed by atoms with Crippen molar-refractivity contribution in [2.24, 2.45) is 0 Å². The van der Waals surface area contributed by atoms with Crippen LogP contribution in [0.3, 0.4) is 0 Å². The minimum atomic E-state index is -0.495. The maximum atomic E-state index is 12.7. The normalized spacial score (nSPS) is 10.3. The standard InChI is InChI=1S/C21H17ClN2O5/c1-2-28-21(27)13-5-8-15(9-6-13)23-19(25)16-12-14(22)7-10-17(16)24-20(26)18-4-3-11-29-18/h3-12H,2H2,1H3,(H,23,25)(H,24,26). The number of benzene rings is 2. The minimum absolute atomic E-state index is 0.112. The third-order valence-corrected chi connectivity index (χ3v) is 4.11. The second-order valence-corrected chi connectivity index (χ2v) is 6.31. The summed E-state index contributed by atoms with van der Waals surface area (Å²) in [6.45, 7) is 2.00. The van der Waals surface area contributed by atoms with Gasteiger partial charge in [-0.05, 0) is 61.5 Å². The van der Waals surface area contributed by atoms with Gasteiger partial charge in [-0.2, -0.15) is 0 Å². The molecule has 2 N–H and O–H groups in total. The van der Waals surface area contributed by atoms with Crippen LogP contribution in [0, 0.1) is 0 Å². The molecule has 1 heterocycles. The molecule has 0 saturated carbocycles. The lowest BCUT2D eigenvalue weighted by Gasteiger charge is -2.12. The second-order valence-electron chi connectivity index (χ2n) is 5.87. The van der Waals surface area contributed by atoms with E-state index in [2.05, 4.69) is 10.6 Å². The smallest absolute Gasteiger partial charge is 0.338 e. The fourth-order valence-corrected chi connectivity index (χ4v) is 2.68. The Morgan fingerprint density at radius 3 is 2.41 bits per heavy atom. The quantitative estimate of drug-likeness (QED) is 0.576. The fourth-order valence-electron chi connectivity index (χ4n) is 2.51. The van der Waals surface area contributed by atoms with Crippen molar-refractivity contribution in [3.8, 4) is 0 Å². The summed E-state index contributed by atoms with van der Waals surface area (Å²) >= 11 is 6.02. The molecule has 0 radical (unpaired) electrons. The predicted octanol–water partition coefficient (Wildman–Crippen LogP) is 4.61. The molecular weight excluding hydrogens is 396 g/mol. The zero-order valence-corrected chi connectivity index (χ0v) is 16.2. The highest BCUT2D eigenvalue weighted by Gasteiger charge is 2.17. The summed E-state index contributed by atoms with van der Waals surface area (Å²) in [5, 5.41) is 5.68. The Bertz CT molecular complexity index is 1030. The van der Waals surface area contributed by atoms with E-state index in [1.54, 1.807) is 43.3 Å². The molecule has 8 heteroatoms. The van der Waals surface area contributed by atoms with Crippen molar-refractivity contribution in [2.45, 2.75) is 6.92 Å². The summed E-state index contributed by atoms with van der Waals surface area (Å²) in [4.78, 5) is 36.7. The van der Waals surface area contributed by atoms with E-state index in [0.29, 0.717) is 16.3 Å². The van der Waals surface area contributed by atoms with Crippen LogP contribution in [0.1, 0.15) is 38.2 Å². The van der Waals surface area contributed by atoms with Crippen molar-refractivity contribution in [3.05, 3.63) is 82.8 Å². The third-order valence-electron chi connectivity index (χ3n) is 3.87. The lowest BCUT2D eigenvalue weighted by atomic mass is 10.1. The molecule has 3 aromatic rings. The molecule has 0 saturated heterocycles. The number of amides is 2. The maximum Gasteiger partial charge on any atom is 0.338 e. The molecule has 0 bridgehead atoms. The third kappa shape index (κ3) is 5.03. The molecule has 0 spiro atoms. The molecule has 2 aromatic carbocycles. The van der Waals surface area contributed by atoms with Crippen LogP contribution in [0.4, 0.5) is 11.4 Å². The lowest BCUT2D eigenvalue weighted by Crippen LogP contribution is -2.18. The van der Waals surface area contributed by atoms with Gasteiger partial charge in [0, 0.05) is 10.7 Å². The van der Waals surface area contributed by atoms with Crippen LogP contribution in [0.15, 0.2) is 65.3 Å². The molecular formula is C21H17ClN2O5. The largest absolute Gasteiger partial charge is 0.462 e. The van der Waals surface area contributed by atoms with Gasteiger partial charge in [-0.15, -0.1) is 0 Å². The van der Waals surface area contributed by atoms with Crippen molar-refractivity contribution in [1.29, 1.82) is 0 Å². The summed E-state index contributed by atoms with van der Waals surface area (Å²) in [6.07, 6.45) is 1.38. The van der Waals surface area contributed by atoms with E-state index in [1.165, 1.54) is 24.5 Å². The molecule has 0 aliphatic rings. The van der Waals surface area contributed by atoms with Crippen molar-refractivity contribution in [3.63, 3.8) is 0 Å². The highest BCUT2D eigenvalue weighted by molar-refractivity contribution is 6.31. The van der Waals surface area contributed by atoms with E-state index in [4.69, 9.17) is 20.8 Å². The molecule has 3 rings (SSSR count). The van der Waals surface area contributed by atoms with E-state index in [0.717, 1.165) is 0 Å². The molecule has 2 amide bonds. The Hall–Kier alpha value is -3.58. The number of nitrogens with one attached hydrogen (secondary N) is 2. The van der Waals surface area contributed by atoms with Crippen LogP contribution in [-0.2, 0) is 4.74 Å². The summed E-state index contributed by atoms with van der Waals surface area (Å²) in [5.41, 5.74) is 1.29. The van der Waals surface area contributed by atoms with Crippen LogP contribution in [0.5, 0.6) is 0 Å². The Balaban J connectivity index is 1.77. The number of carbonyl (C=O) groups excluding carboxylic acids is 3. The van der Waals surface area contributed by atoms with Gasteiger partial charge in [0.15, 0.2) is 5.76 Å². The Morgan fingerprint density at radius 1 is 1.00 bits per heavy atom. The molecule has 0 atom stereocenters. The van der Waals surface area contributed by atoms with Crippen molar-refractivity contribution in [2.75, 3.05) is 17.2 Å². The Labute approximate surface area is 171 Å². The molecule has 1 aromatic heterocycles. The first-order valence-electron chi connectivity index (χ1n) is 8.71. The van der Waals surface area contributed by atoms with E-state index in [9.17, 15) is 14.4 Å². The summed E-state index contributed by atoms with van der Waals surface area (Å²) in [5.74, 6) is -1.31. The number of anilines is 2. The first-order chi connectivity index (χ1) is 14.0. The average Bonchev–Trinajstić information content (AvgIpc) is 3.25. The SMILES string of the molecule is CCOC(=O)c1ccc(NC(=O)c2cc(Cl)ccc2NC(=O)c2ccco2)cc1. The van der Waals surface area contributed by atoms with Gasteiger partial charge in [-0.1, -0.05) is 11.6 Å². The monoisotopic (exact) mass is 412 g/mol. The highest BCUT2D eigenvalue weighted by Crippen LogP contribution is 2.23. The number of ether oxygens (including phenoxy) is 1. The van der Waals surface area contributed by atoms with Gasteiger partial charge < -0.3 is 19.8 Å². The number of rotatable bonds is 6. The van der Waals surface area contributed by atoms with Gasteiger partial charge >= 0.3 is 5.97 Å². The van der Waals surface area contributed by atoms with E-state index < -0.39 is 17.8 Å². The minimum Gasteiger partial charge on any atom is -0.462 e.